The Bertz CT molecular complexity index is 3270. The number of hydrogen-bond acceptors (Lipinski definition) is 8. The van der Waals surface area contributed by atoms with Crippen molar-refractivity contribution in [2.45, 2.75) is 123 Å². The van der Waals surface area contributed by atoms with Gasteiger partial charge in [0.05, 0.1) is 23.1 Å². The second kappa shape index (κ2) is 16.9. The first-order valence-corrected chi connectivity index (χ1v) is 25.9. The number of halogens is 1. The zero-order valence-corrected chi connectivity index (χ0v) is 41.2. The number of nitrogens with one attached hydrogen (secondary N) is 1. The first-order valence-electron chi connectivity index (χ1n) is 24.0. The molecule has 1 aliphatic carbocycles. The van der Waals surface area contributed by atoms with Gasteiger partial charge in [-0.3, -0.25) is 23.4 Å². The zero-order valence-electron chi connectivity index (χ0n) is 40.3. The highest BCUT2D eigenvalue weighted by Gasteiger charge is 2.59. The molecule has 14 nitrogen and oxygen atoms in total. The van der Waals surface area contributed by atoms with Gasteiger partial charge in [-0.2, -0.15) is 5.10 Å². The van der Waals surface area contributed by atoms with Crippen molar-refractivity contribution in [2.75, 3.05) is 19.8 Å². The molecule has 3 aromatic carbocycles. The van der Waals surface area contributed by atoms with Crippen molar-refractivity contribution in [1.82, 2.24) is 38.5 Å². The molecule has 2 fully saturated rings. The van der Waals surface area contributed by atoms with Crippen molar-refractivity contribution in [1.29, 1.82) is 0 Å². The van der Waals surface area contributed by atoms with Crippen molar-refractivity contribution in [3.05, 3.63) is 139 Å². The van der Waals surface area contributed by atoms with E-state index in [9.17, 15) is 14.2 Å². The smallest absolute Gasteiger partial charge is 0.381 e. The number of benzene rings is 3. The monoisotopic (exact) mass is 942 g/mol. The van der Waals surface area contributed by atoms with Gasteiger partial charge in [0.25, 0.3) is 5.91 Å². The molecule has 16 heteroatoms. The summed E-state index contributed by atoms with van der Waals surface area (Å²) in [6.07, 6.45) is 6.92. The maximum absolute atomic E-state index is 15.6. The fraction of sp³-hybridized carbons (Fsp3) is 0.442. The molecule has 3 aliphatic rings. The molecule has 6 heterocycles. The molecular formula is C52H60FN8O6P. The van der Waals surface area contributed by atoms with E-state index in [1.807, 2.05) is 70.7 Å². The summed E-state index contributed by atoms with van der Waals surface area (Å²) in [6.45, 7) is 19.3. The molecule has 1 N–H and O–H groups in total. The van der Waals surface area contributed by atoms with Gasteiger partial charge >= 0.3 is 11.4 Å². The van der Waals surface area contributed by atoms with Crippen molar-refractivity contribution in [2.24, 2.45) is 5.92 Å². The fourth-order valence-corrected chi connectivity index (χ4v) is 14.7. The molecule has 7 aromatic rings. The molecule has 0 bridgehead atoms. The number of hydrogen-bond donors (Lipinski definition) is 1. The summed E-state index contributed by atoms with van der Waals surface area (Å²) >= 11 is 0. The SMILES string of the molecule is CCc1cc(-n2ccn(-c3c4c(nn3-c3cc(C)c(F)c(C)c3)CCN(C(=O)c3cc5cc(C6CCOCC6)ccc5n3C3(c5noc(=O)[nH]5)CC3C)C4C)c2=O)ccc1P(=O)(C(C)C)C(C)C. The second-order valence-corrected chi connectivity index (χ2v) is 23.8. The maximum Gasteiger partial charge on any atom is 0.438 e. The molecule has 0 radical (unpaired) electrons. The first-order chi connectivity index (χ1) is 32.5. The second-order valence-electron chi connectivity index (χ2n) is 19.8. The molecule has 2 aliphatic heterocycles. The van der Waals surface area contributed by atoms with Crippen LogP contribution in [0, 0.1) is 25.6 Å². The minimum absolute atomic E-state index is 0.0221. The lowest BCUT2D eigenvalue weighted by Gasteiger charge is -2.34. The maximum atomic E-state index is 15.6. The van der Waals surface area contributed by atoms with Crippen LogP contribution in [0.3, 0.4) is 0 Å². The number of carbonyl (C=O) groups is 1. The number of H-pyrrole nitrogens is 1. The highest BCUT2D eigenvalue weighted by Crippen LogP contribution is 2.57. The van der Waals surface area contributed by atoms with Gasteiger partial charge in [-0.05, 0) is 129 Å². The molecule has 1 saturated carbocycles. The predicted octanol–water partition coefficient (Wildman–Crippen LogP) is 9.01. The standard InChI is InChI=1S/C52H60FN8O6P/c1-10-35-26-39(12-14-44(35)68(65,29(2)3)30(4)5)58-19-20-59(51(58)64)47-45-34(9)57(18-15-41(45)55-61(47)40-23-31(6)46(53)32(7)24-40)48(62)43-27-38-25-37(36-16-21-66-22-17-36)11-13-42(38)60(43)52(28-33(52)8)49-54-50(63)67-56-49/h11-14,19-20,23-27,29-30,33-34,36H,10,15-18,21-22,28H2,1-9H3,(H,54,56,63). The molecule has 68 heavy (non-hydrogen) atoms. The Balaban J connectivity index is 1.11. The fourth-order valence-electron chi connectivity index (χ4n) is 11.4. The van der Waals surface area contributed by atoms with Gasteiger partial charge in [-0.1, -0.05) is 52.8 Å². The summed E-state index contributed by atoms with van der Waals surface area (Å²) in [6, 6.07) is 17.0. The van der Waals surface area contributed by atoms with Crippen LogP contribution in [0.15, 0.2) is 81.1 Å². The molecule has 1 saturated heterocycles. The number of amides is 1. The summed E-state index contributed by atoms with van der Waals surface area (Å²) in [5, 5.41) is 11.1. The van der Waals surface area contributed by atoms with Crippen LogP contribution in [0.2, 0.25) is 0 Å². The Kier molecular flexibility index (Phi) is 11.3. The lowest BCUT2D eigenvalue weighted by Crippen LogP contribution is -2.41. The normalized spacial score (nSPS) is 20.0. The van der Waals surface area contributed by atoms with E-state index in [-0.39, 0.29) is 34.7 Å². The number of ether oxygens (including phenoxy) is 1. The summed E-state index contributed by atoms with van der Waals surface area (Å²) in [4.78, 5) is 47.7. The minimum atomic E-state index is -2.77. The van der Waals surface area contributed by atoms with E-state index < -0.39 is 24.5 Å². The molecule has 3 atom stereocenters. The van der Waals surface area contributed by atoms with Crippen molar-refractivity contribution in [3.63, 3.8) is 0 Å². The van der Waals surface area contributed by atoms with E-state index in [2.05, 4.69) is 39.8 Å². The van der Waals surface area contributed by atoms with E-state index in [0.29, 0.717) is 90.3 Å². The van der Waals surface area contributed by atoms with Crippen LogP contribution < -0.4 is 16.8 Å². The molecular weight excluding hydrogens is 883 g/mol. The molecule has 3 unspecified atom stereocenters. The number of carbonyl (C=O) groups excluding carboxylic acids is 1. The average molecular weight is 943 g/mol. The molecule has 356 valence electrons. The largest absolute Gasteiger partial charge is 0.438 e. The van der Waals surface area contributed by atoms with Gasteiger partial charge in [0.2, 0.25) is 0 Å². The quantitative estimate of drug-likeness (QED) is 0.126. The Labute approximate surface area is 394 Å². The van der Waals surface area contributed by atoms with Gasteiger partial charge in [-0.25, -0.2) is 18.7 Å². The predicted molar refractivity (Wildman–Crippen MR) is 261 cm³/mol. The number of fused-ring (bicyclic) bond motifs is 2. The Morgan fingerprint density at radius 2 is 1.63 bits per heavy atom. The number of nitrogens with zero attached hydrogens (tertiary/aromatic N) is 7. The van der Waals surface area contributed by atoms with Crippen LogP contribution in [0.5, 0.6) is 0 Å². The number of aromatic nitrogens is 7. The van der Waals surface area contributed by atoms with E-state index >= 15 is 9.18 Å². The average Bonchev–Trinajstić information content (AvgIpc) is 3.82. The topological polar surface area (TPSA) is 155 Å². The number of aromatic amines is 1. The van der Waals surface area contributed by atoms with Crippen LogP contribution in [0.4, 0.5) is 4.39 Å². The van der Waals surface area contributed by atoms with Gasteiger partial charge < -0.3 is 18.8 Å². The number of rotatable bonds is 11. The summed E-state index contributed by atoms with van der Waals surface area (Å²) in [5.74, 6) is -0.0220. The van der Waals surface area contributed by atoms with E-state index in [1.165, 1.54) is 5.56 Å². The molecule has 1 amide bonds. The highest BCUT2D eigenvalue weighted by molar-refractivity contribution is 7.72. The summed E-state index contributed by atoms with van der Waals surface area (Å²) in [7, 11) is -2.77. The summed E-state index contributed by atoms with van der Waals surface area (Å²) < 4.78 is 47.4. The van der Waals surface area contributed by atoms with Crippen molar-refractivity contribution < 1.29 is 23.0 Å². The van der Waals surface area contributed by atoms with Gasteiger partial charge in [0.1, 0.15) is 30.0 Å². The number of aryl methyl sites for hydroxylation is 3. The zero-order chi connectivity index (χ0) is 48.1. The third-order valence-electron chi connectivity index (χ3n) is 15.3. The van der Waals surface area contributed by atoms with Crippen LogP contribution in [-0.2, 0) is 27.7 Å². The van der Waals surface area contributed by atoms with Gasteiger partial charge in [0, 0.05) is 71.7 Å². The van der Waals surface area contributed by atoms with Crippen LogP contribution in [-0.4, -0.2) is 75.5 Å². The third-order valence-corrected chi connectivity index (χ3v) is 19.5. The summed E-state index contributed by atoms with van der Waals surface area (Å²) in [5.41, 5.74) is 5.65. The first kappa shape index (κ1) is 45.7. The van der Waals surface area contributed by atoms with Crippen molar-refractivity contribution in [3.8, 4) is 17.2 Å². The molecule has 4 aromatic heterocycles. The Morgan fingerprint density at radius 3 is 2.26 bits per heavy atom. The Morgan fingerprint density at radius 1 is 0.941 bits per heavy atom. The Hall–Kier alpha value is -6.05. The minimum Gasteiger partial charge on any atom is -0.381 e. The van der Waals surface area contributed by atoms with Gasteiger partial charge in [0.15, 0.2) is 5.82 Å². The molecule has 0 spiro atoms. The molecule has 10 rings (SSSR count). The van der Waals surface area contributed by atoms with Gasteiger partial charge in [-0.15, -0.1) is 0 Å². The lowest BCUT2D eigenvalue weighted by molar-refractivity contribution is 0.0663. The third kappa shape index (κ3) is 7.05. The lowest BCUT2D eigenvalue weighted by atomic mass is 9.91. The van der Waals surface area contributed by atoms with Crippen LogP contribution in [0.25, 0.3) is 28.1 Å². The van der Waals surface area contributed by atoms with Crippen molar-refractivity contribution >= 4 is 29.3 Å². The van der Waals surface area contributed by atoms with E-state index in [1.54, 1.807) is 52.2 Å². The van der Waals surface area contributed by atoms with Crippen LogP contribution in [0.1, 0.15) is 130 Å². The van der Waals surface area contributed by atoms with E-state index in [0.717, 1.165) is 40.3 Å². The van der Waals surface area contributed by atoms with Crippen LogP contribution >= 0.6 is 7.14 Å². The van der Waals surface area contributed by atoms with E-state index in [4.69, 9.17) is 14.4 Å². The number of imidazole rings is 1. The highest BCUT2D eigenvalue weighted by atomic mass is 31.2.